The minimum absolute atomic E-state index is 0.196. The summed E-state index contributed by atoms with van der Waals surface area (Å²) in [6.45, 7) is -0.121. The summed E-state index contributed by atoms with van der Waals surface area (Å²) in [5.74, 6) is -3.87. The van der Waals surface area contributed by atoms with E-state index in [1.165, 1.54) is 0 Å². The number of nitrogens with one attached hydrogen (secondary N) is 1. The third-order valence-corrected chi connectivity index (χ3v) is 6.60. The van der Waals surface area contributed by atoms with E-state index in [4.69, 9.17) is 4.74 Å². The second kappa shape index (κ2) is 15.9. The van der Waals surface area contributed by atoms with Crippen molar-refractivity contribution in [2.75, 3.05) is 85.1 Å². The van der Waals surface area contributed by atoms with Gasteiger partial charge in [-0.15, -0.1) is 0 Å². The Morgan fingerprint density at radius 3 is 1.33 bits per heavy atom. The highest BCUT2D eigenvalue weighted by atomic mass is 16.6. The molecule has 224 valence electrons. The van der Waals surface area contributed by atoms with Crippen molar-refractivity contribution in [3.8, 4) is 0 Å². The first-order chi connectivity index (χ1) is 18.4. The van der Waals surface area contributed by atoms with Gasteiger partial charge in [0, 0.05) is 52.4 Å². The number of carboxylic acid groups (broad SMARTS) is 3. The second-order valence-electron chi connectivity index (χ2n) is 9.61. The number of amides is 1. The van der Waals surface area contributed by atoms with Gasteiger partial charge in [0.15, 0.2) is 6.29 Å². The van der Waals surface area contributed by atoms with E-state index >= 15 is 0 Å². The van der Waals surface area contributed by atoms with Gasteiger partial charge in [0.2, 0.25) is 5.91 Å². The van der Waals surface area contributed by atoms with Crippen molar-refractivity contribution in [1.29, 1.82) is 0 Å². The van der Waals surface area contributed by atoms with Crippen LogP contribution in [-0.2, 0) is 23.9 Å². The maximum Gasteiger partial charge on any atom is 0.317 e. The third-order valence-electron chi connectivity index (χ3n) is 6.60. The van der Waals surface area contributed by atoms with E-state index in [-0.39, 0.29) is 78.5 Å². The topological polar surface area (TPSA) is 244 Å². The number of carboxylic acids is 3. The van der Waals surface area contributed by atoms with Crippen molar-refractivity contribution >= 4 is 23.8 Å². The minimum Gasteiger partial charge on any atom is -0.480 e. The number of carbonyl (C=O) groups excluding carboxylic acids is 1. The lowest BCUT2D eigenvalue weighted by Gasteiger charge is -2.40. The zero-order valence-corrected chi connectivity index (χ0v) is 21.5. The van der Waals surface area contributed by atoms with Crippen LogP contribution in [0.2, 0.25) is 0 Å². The number of aliphatic carboxylic acids is 3. The summed E-state index contributed by atoms with van der Waals surface area (Å²) in [5.41, 5.74) is 0. The SMILES string of the molecule is O=C(O)CN1CCN(CC(=O)O)CCN(CC(=O)NC2[C@H](O)O[C@H](CO)[C@@H](O)[C@@H]2O)CCN(CC(=O)O)CC1. The van der Waals surface area contributed by atoms with Crippen LogP contribution in [0.15, 0.2) is 0 Å². The molecule has 2 aliphatic rings. The van der Waals surface area contributed by atoms with Crippen molar-refractivity contribution < 1.29 is 59.7 Å². The summed E-state index contributed by atoms with van der Waals surface area (Å²) < 4.78 is 5.05. The van der Waals surface area contributed by atoms with Gasteiger partial charge in [0.25, 0.3) is 0 Å². The molecule has 1 unspecified atom stereocenters. The lowest BCUT2D eigenvalue weighted by atomic mass is 9.97. The largest absolute Gasteiger partial charge is 0.480 e. The number of nitrogens with zero attached hydrogens (tertiary/aromatic N) is 4. The molecule has 2 fully saturated rings. The van der Waals surface area contributed by atoms with Gasteiger partial charge >= 0.3 is 17.9 Å². The molecular weight excluding hydrogens is 526 g/mol. The molecule has 5 atom stereocenters. The molecule has 0 aromatic rings. The summed E-state index contributed by atoms with van der Waals surface area (Å²) in [5, 5.41) is 69.9. The number of carbonyl (C=O) groups is 4. The van der Waals surface area contributed by atoms with Gasteiger partial charge in [-0.05, 0) is 0 Å². The smallest absolute Gasteiger partial charge is 0.317 e. The van der Waals surface area contributed by atoms with Crippen LogP contribution in [0.5, 0.6) is 0 Å². The Labute approximate surface area is 224 Å². The van der Waals surface area contributed by atoms with Crippen LogP contribution in [0.1, 0.15) is 0 Å². The average Bonchev–Trinajstić information content (AvgIpc) is 2.84. The predicted molar refractivity (Wildman–Crippen MR) is 131 cm³/mol. The molecule has 2 saturated heterocycles. The summed E-state index contributed by atoms with van der Waals surface area (Å²) in [7, 11) is 0. The van der Waals surface area contributed by atoms with E-state index in [0.29, 0.717) is 0 Å². The van der Waals surface area contributed by atoms with Crippen molar-refractivity contribution in [1.82, 2.24) is 24.9 Å². The molecule has 0 bridgehead atoms. The number of aliphatic hydroxyl groups excluding tert-OH is 4. The third kappa shape index (κ3) is 11.3. The first-order valence-corrected chi connectivity index (χ1v) is 12.5. The van der Waals surface area contributed by atoms with Crippen LogP contribution in [0.4, 0.5) is 0 Å². The van der Waals surface area contributed by atoms with Crippen molar-refractivity contribution in [2.45, 2.75) is 30.6 Å². The van der Waals surface area contributed by atoms with Gasteiger partial charge in [-0.1, -0.05) is 0 Å². The lowest BCUT2D eigenvalue weighted by molar-refractivity contribution is -0.253. The van der Waals surface area contributed by atoms with Gasteiger partial charge in [-0.25, -0.2) is 0 Å². The zero-order chi connectivity index (χ0) is 29.1. The highest BCUT2D eigenvalue weighted by molar-refractivity contribution is 5.78. The molecule has 0 radical (unpaired) electrons. The fourth-order valence-electron chi connectivity index (χ4n) is 4.47. The molecule has 17 nitrogen and oxygen atoms in total. The van der Waals surface area contributed by atoms with Crippen molar-refractivity contribution in [2.24, 2.45) is 0 Å². The molecule has 0 saturated carbocycles. The Kier molecular flexibility index (Phi) is 13.4. The summed E-state index contributed by atoms with van der Waals surface area (Å²) in [6.07, 6.45) is -6.10. The Morgan fingerprint density at radius 2 is 1.00 bits per heavy atom. The quantitative estimate of drug-likeness (QED) is 0.123. The number of rotatable bonds is 10. The minimum atomic E-state index is -1.69. The highest BCUT2D eigenvalue weighted by Crippen LogP contribution is 2.19. The molecule has 0 spiro atoms. The summed E-state index contributed by atoms with van der Waals surface area (Å²) in [4.78, 5) is 53.3. The first-order valence-electron chi connectivity index (χ1n) is 12.5. The van der Waals surface area contributed by atoms with Crippen LogP contribution >= 0.6 is 0 Å². The maximum atomic E-state index is 12.8. The lowest BCUT2D eigenvalue weighted by Crippen LogP contribution is -2.64. The molecule has 39 heavy (non-hydrogen) atoms. The van der Waals surface area contributed by atoms with E-state index in [2.05, 4.69) is 5.32 Å². The zero-order valence-electron chi connectivity index (χ0n) is 21.5. The molecule has 17 heteroatoms. The summed E-state index contributed by atoms with van der Waals surface area (Å²) in [6, 6.07) is -1.38. The normalized spacial score (nSPS) is 29.2. The van der Waals surface area contributed by atoms with Crippen molar-refractivity contribution in [3.05, 3.63) is 0 Å². The number of aliphatic hydroxyl groups is 4. The molecule has 0 aromatic heterocycles. The Hall–Kier alpha value is -2.48. The van der Waals surface area contributed by atoms with Gasteiger partial charge < -0.3 is 45.8 Å². The average molecular weight is 566 g/mol. The van der Waals surface area contributed by atoms with Crippen LogP contribution in [0, 0.1) is 0 Å². The Balaban J connectivity index is 2.12. The standard InChI is InChI=1S/C22H39N5O12/c28-13-14-20(36)21(37)19(22(38)39-14)23-15(29)9-24-1-3-25(10-16(30)31)5-7-27(12-18(34)35)8-6-26(4-2-24)11-17(32)33/h14,19-22,28,36-38H,1-13H2,(H,23,29)(H,30,31)(H,32,33)(H,34,35)/t14-,19?,20-,21-,22-/m1/s1. The summed E-state index contributed by atoms with van der Waals surface area (Å²) >= 11 is 0. The van der Waals surface area contributed by atoms with Crippen LogP contribution in [0.25, 0.3) is 0 Å². The second-order valence-corrected chi connectivity index (χ2v) is 9.61. The van der Waals surface area contributed by atoms with Gasteiger partial charge in [-0.3, -0.25) is 38.8 Å². The van der Waals surface area contributed by atoms with E-state index in [0.717, 1.165) is 0 Å². The van der Waals surface area contributed by atoms with Crippen molar-refractivity contribution in [3.63, 3.8) is 0 Å². The number of ether oxygens (including phenoxy) is 1. The molecule has 2 heterocycles. The predicted octanol–water partition coefficient (Wildman–Crippen LogP) is -5.62. The fraction of sp³-hybridized carbons (Fsp3) is 0.818. The number of hydrogen-bond acceptors (Lipinski definition) is 13. The molecule has 0 aromatic carbocycles. The Morgan fingerprint density at radius 1 is 0.641 bits per heavy atom. The maximum absolute atomic E-state index is 12.8. The molecule has 1 amide bonds. The van der Waals surface area contributed by atoms with Gasteiger partial charge in [-0.2, -0.15) is 0 Å². The first kappa shape index (κ1) is 32.7. The fourth-order valence-corrected chi connectivity index (χ4v) is 4.47. The van der Waals surface area contributed by atoms with Crippen LogP contribution < -0.4 is 5.32 Å². The molecule has 2 aliphatic heterocycles. The van der Waals surface area contributed by atoms with E-state index in [1.807, 2.05) is 0 Å². The van der Waals surface area contributed by atoms with E-state index in [1.54, 1.807) is 19.6 Å². The van der Waals surface area contributed by atoms with Gasteiger partial charge in [0.05, 0.1) is 32.8 Å². The molecule has 2 rings (SSSR count). The van der Waals surface area contributed by atoms with Gasteiger partial charge in [0.1, 0.15) is 24.4 Å². The van der Waals surface area contributed by atoms with Crippen LogP contribution in [-0.4, -0.2) is 195 Å². The van der Waals surface area contributed by atoms with E-state index < -0.39 is 61.1 Å². The molecule has 8 N–H and O–H groups in total. The highest BCUT2D eigenvalue weighted by Gasteiger charge is 2.44. The van der Waals surface area contributed by atoms with E-state index in [9.17, 15) is 54.9 Å². The van der Waals surface area contributed by atoms with Crippen LogP contribution in [0.3, 0.4) is 0 Å². The monoisotopic (exact) mass is 565 g/mol. The Bertz CT molecular complexity index is 803. The number of hydrogen-bond donors (Lipinski definition) is 8. The molecular formula is C22H39N5O12. The molecule has 0 aliphatic carbocycles.